The minimum absolute atomic E-state index is 0.0295. The molecule has 92 valence electrons. The number of nitrogens with zero attached hydrogens (tertiary/aromatic N) is 3. The van der Waals surface area contributed by atoms with Crippen LogP contribution >= 0.6 is 0 Å². The second-order valence-electron chi connectivity index (χ2n) is 4.02. The highest BCUT2D eigenvalue weighted by molar-refractivity contribution is 6.03. The zero-order valence-corrected chi connectivity index (χ0v) is 9.75. The van der Waals surface area contributed by atoms with Crippen LogP contribution in [0.15, 0.2) is 18.2 Å². The first-order valence-corrected chi connectivity index (χ1v) is 5.30. The SMILES string of the molecule is CN1C(=O)CN(CC(=O)O)c2ccc(C#N)cc21. The van der Waals surface area contributed by atoms with Crippen molar-refractivity contribution in [3.8, 4) is 6.07 Å². The number of fused-ring (bicyclic) bond motifs is 1. The standard InChI is InChI=1S/C12H11N3O3/c1-14-10-4-8(5-13)2-3-9(10)15(6-11(14)16)7-12(17)18/h2-4H,6-7H2,1H3,(H,17,18). The number of rotatable bonds is 2. The van der Waals surface area contributed by atoms with Crippen LogP contribution in [0, 0.1) is 11.3 Å². The van der Waals surface area contributed by atoms with Crippen molar-refractivity contribution in [1.29, 1.82) is 5.26 Å². The molecular weight excluding hydrogens is 234 g/mol. The zero-order valence-electron chi connectivity index (χ0n) is 9.75. The summed E-state index contributed by atoms with van der Waals surface area (Å²) >= 11 is 0. The van der Waals surface area contributed by atoms with E-state index in [0.29, 0.717) is 16.9 Å². The second-order valence-corrected chi connectivity index (χ2v) is 4.02. The third kappa shape index (κ3) is 1.98. The van der Waals surface area contributed by atoms with Crippen molar-refractivity contribution in [2.75, 3.05) is 29.9 Å². The van der Waals surface area contributed by atoms with E-state index in [1.165, 1.54) is 9.80 Å². The van der Waals surface area contributed by atoms with Crippen LogP contribution < -0.4 is 9.80 Å². The molecule has 0 spiro atoms. The van der Waals surface area contributed by atoms with E-state index in [4.69, 9.17) is 10.4 Å². The van der Waals surface area contributed by atoms with Crippen LogP contribution in [0.3, 0.4) is 0 Å². The molecule has 0 unspecified atom stereocenters. The summed E-state index contributed by atoms with van der Waals surface area (Å²) in [6.07, 6.45) is 0. The van der Waals surface area contributed by atoms with Crippen molar-refractivity contribution in [3.63, 3.8) is 0 Å². The number of amides is 1. The third-order valence-corrected chi connectivity index (χ3v) is 2.83. The van der Waals surface area contributed by atoms with Gasteiger partial charge in [-0.3, -0.25) is 9.59 Å². The Bertz CT molecular complexity index is 562. The topological polar surface area (TPSA) is 84.6 Å². The minimum atomic E-state index is -0.998. The Labute approximate surface area is 104 Å². The molecule has 0 radical (unpaired) electrons. The number of carboxylic acid groups (broad SMARTS) is 1. The molecule has 0 aromatic heterocycles. The van der Waals surface area contributed by atoms with Crippen molar-refractivity contribution in [2.24, 2.45) is 0 Å². The minimum Gasteiger partial charge on any atom is -0.480 e. The molecule has 1 N–H and O–H groups in total. The Morgan fingerprint density at radius 3 is 2.83 bits per heavy atom. The number of anilines is 2. The first kappa shape index (κ1) is 11.9. The quantitative estimate of drug-likeness (QED) is 0.816. The number of likely N-dealkylation sites (N-methyl/N-ethyl adjacent to an activating group) is 1. The van der Waals surface area contributed by atoms with Gasteiger partial charge in [-0.15, -0.1) is 0 Å². The fourth-order valence-corrected chi connectivity index (χ4v) is 1.92. The lowest BCUT2D eigenvalue weighted by Crippen LogP contribution is -2.45. The molecule has 18 heavy (non-hydrogen) atoms. The number of aliphatic carboxylic acids is 1. The molecule has 6 nitrogen and oxygen atoms in total. The average Bonchev–Trinajstić information content (AvgIpc) is 2.34. The molecule has 2 rings (SSSR count). The van der Waals surface area contributed by atoms with Gasteiger partial charge in [0.05, 0.1) is 29.6 Å². The molecule has 1 amide bonds. The van der Waals surface area contributed by atoms with Crippen LogP contribution in [0.25, 0.3) is 0 Å². The number of carbonyl (C=O) groups excluding carboxylic acids is 1. The average molecular weight is 245 g/mol. The van der Waals surface area contributed by atoms with Crippen LogP contribution in [0.4, 0.5) is 11.4 Å². The van der Waals surface area contributed by atoms with E-state index in [0.717, 1.165) is 0 Å². The Morgan fingerprint density at radius 2 is 2.22 bits per heavy atom. The molecule has 1 aromatic carbocycles. The Balaban J connectivity index is 2.48. The Morgan fingerprint density at radius 1 is 1.50 bits per heavy atom. The molecule has 6 heteroatoms. The molecule has 0 saturated heterocycles. The largest absolute Gasteiger partial charge is 0.480 e. The normalized spacial score (nSPS) is 14.1. The maximum Gasteiger partial charge on any atom is 0.323 e. The lowest BCUT2D eigenvalue weighted by molar-refractivity contribution is -0.135. The van der Waals surface area contributed by atoms with Gasteiger partial charge in [0.2, 0.25) is 5.91 Å². The summed E-state index contributed by atoms with van der Waals surface area (Å²) in [7, 11) is 1.61. The van der Waals surface area contributed by atoms with Gasteiger partial charge in [-0.1, -0.05) is 0 Å². The molecule has 0 atom stereocenters. The van der Waals surface area contributed by atoms with Gasteiger partial charge >= 0.3 is 5.97 Å². The number of carboxylic acids is 1. The van der Waals surface area contributed by atoms with Crippen LogP contribution in [0.5, 0.6) is 0 Å². The molecule has 1 heterocycles. The monoisotopic (exact) mass is 245 g/mol. The predicted molar refractivity (Wildman–Crippen MR) is 64.4 cm³/mol. The van der Waals surface area contributed by atoms with E-state index in [1.807, 2.05) is 6.07 Å². The Hall–Kier alpha value is -2.55. The summed E-state index contributed by atoms with van der Waals surface area (Å²) < 4.78 is 0. The van der Waals surface area contributed by atoms with E-state index in [2.05, 4.69) is 0 Å². The number of nitriles is 1. The van der Waals surface area contributed by atoms with Gasteiger partial charge in [0, 0.05) is 7.05 Å². The molecule has 1 aromatic rings. The number of hydrogen-bond donors (Lipinski definition) is 1. The summed E-state index contributed by atoms with van der Waals surface area (Å²) in [5, 5.41) is 17.7. The Kier molecular flexibility index (Phi) is 2.90. The maximum atomic E-state index is 11.8. The van der Waals surface area contributed by atoms with Crippen molar-refractivity contribution in [3.05, 3.63) is 23.8 Å². The lowest BCUT2D eigenvalue weighted by Gasteiger charge is -2.34. The molecule has 1 aliphatic heterocycles. The van der Waals surface area contributed by atoms with Crippen LogP contribution in [-0.4, -0.2) is 37.1 Å². The molecule has 1 aliphatic rings. The fourth-order valence-electron chi connectivity index (χ4n) is 1.92. The van der Waals surface area contributed by atoms with Gasteiger partial charge in [0.1, 0.15) is 6.54 Å². The predicted octanol–water partition coefficient (Wildman–Crippen LogP) is 0.426. The van der Waals surface area contributed by atoms with E-state index in [1.54, 1.807) is 25.2 Å². The molecular formula is C12H11N3O3. The van der Waals surface area contributed by atoms with E-state index >= 15 is 0 Å². The van der Waals surface area contributed by atoms with Crippen molar-refractivity contribution in [2.45, 2.75) is 0 Å². The van der Waals surface area contributed by atoms with E-state index < -0.39 is 5.97 Å². The van der Waals surface area contributed by atoms with Crippen molar-refractivity contribution < 1.29 is 14.7 Å². The van der Waals surface area contributed by atoms with Gasteiger partial charge in [-0.05, 0) is 18.2 Å². The second kappa shape index (κ2) is 4.37. The van der Waals surface area contributed by atoms with Crippen LogP contribution in [0.1, 0.15) is 5.56 Å². The van der Waals surface area contributed by atoms with Crippen molar-refractivity contribution in [1.82, 2.24) is 0 Å². The summed E-state index contributed by atoms with van der Waals surface area (Å²) in [5.41, 5.74) is 1.65. The van der Waals surface area contributed by atoms with Crippen LogP contribution in [-0.2, 0) is 9.59 Å². The number of benzene rings is 1. The molecule has 0 fully saturated rings. The van der Waals surface area contributed by atoms with Gasteiger partial charge in [0.15, 0.2) is 0 Å². The van der Waals surface area contributed by atoms with E-state index in [-0.39, 0.29) is 19.0 Å². The summed E-state index contributed by atoms with van der Waals surface area (Å²) in [6.45, 7) is -0.208. The maximum absolute atomic E-state index is 11.8. The fraction of sp³-hybridized carbons (Fsp3) is 0.250. The zero-order chi connectivity index (χ0) is 13.3. The highest BCUT2D eigenvalue weighted by atomic mass is 16.4. The lowest BCUT2D eigenvalue weighted by atomic mass is 10.1. The summed E-state index contributed by atoms with van der Waals surface area (Å²) in [4.78, 5) is 25.5. The van der Waals surface area contributed by atoms with Gasteiger partial charge in [0.25, 0.3) is 0 Å². The first-order valence-electron chi connectivity index (χ1n) is 5.30. The third-order valence-electron chi connectivity index (χ3n) is 2.83. The number of hydrogen-bond acceptors (Lipinski definition) is 4. The van der Waals surface area contributed by atoms with E-state index in [9.17, 15) is 9.59 Å². The van der Waals surface area contributed by atoms with Crippen molar-refractivity contribution >= 4 is 23.3 Å². The summed E-state index contributed by atoms with van der Waals surface area (Å²) in [6, 6.07) is 6.85. The highest BCUT2D eigenvalue weighted by Crippen LogP contribution is 2.33. The van der Waals surface area contributed by atoms with Gasteiger partial charge < -0.3 is 14.9 Å². The molecule has 0 saturated carbocycles. The smallest absolute Gasteiger partial charge is 0.323 e. The molecule has 0 aliphatic carbocycles. The molecule has 0 bridgehead atoms. The van der Waals surface area contributed by atoms with Gasteiger partial charge in [-0.25, -0.2) is 0 Å². The van der Waals surface area contributed by atoms with Gasteiger partial charge in [-0.2, -0.15) is 5.26 Å². The van der Waals surface area contributed by atoms with Crippen LogP contribution in [0.2, 0.25) is 0 Å². The highest BCUT2D eigenvalue weighted by Gasteiger charge is 2.27. The summed E-state index contributed by atoms with van der Waals surface area (Å²) in [5.74, 6) is -1.19. The number of carbonyl (C=O) groups is 2. The first-order chi connectivity index (χ1) is 8.52.